The summed E-state index contributed by atoms with van der Waals surface area (Å²) in [6, 6.07) is 10.2. The van der Waals surface area contributed by atoms with Crippen molar-refractivity contribution >= 4 is 11.9 Å². The number of aromatic hydroxyl groups is 1. The van der Waals surface area contributed by atoms with E-state index in [-0.39, 0.29) is 17.7 Å². The number of methoxy groups -OCH3 is 2. The lowest BCUT2D eigenvalue weighted by Crippen LogP contribution is -2.03. The van der Waals surface area contributed by atoms with Crippen LogP contribution in [0, 0.1) is 20.8 Å². The van der Waals surface area contributed by atoms with Gasteiger partial charge < -0.3 is 14.6 Å². The summed E-state index contributed by atoms with van der Waals surface area (Å²) in [7, 11) is 2.72. The fourth-order valence-electron chi connectivity index (χ4n) is 2.14. The van der Waals surface area contributed by atoms with Crippen LogP contribution in [0.15, 0.2) is 36.4 Å². The number of hydrogen-bond donors (Lipinski definition) is 1. The Labute approximate surface area is 141 Å². The molecular weight excluding hydrogens is 308 g/mol. The van der Waals surface area contributed by atoms with E-state index in [9.17, 15) is 9.59 Å². The lowest BCUT2D eigenvalue weighted by molar-refractivity contribution is 0.0591. The largest absolute Gasteiger partial charge is 0.508 e. The first-order chi connectivity index (χ1) is 11.3. The van der Waals surface area contributed by atoms with Crippen molar-refractivity contribution in [3.8, 4) is 5.75 Å². The van der Waals surface area contributed by atoms with Gasteiger partial charge >= 0.3 is 11.9 Å². The van der Waals surface area contributed by atoms with Crippen molar-refractivity contribution in [1.82, 2.24) is 0 Å². The molecule has 2 aromatic rings. The van der Waals surface area contributed by atoms with Crippen LogP contribution in [0.5, 0.6) is 5.75 Å². The van der Waals surface area contributed by atoms with Gasteiger partial charge in [0.15, 0.2) is 0 Å². The Morgan fingerprint density at radius 1 is 0.792 bits per heavy atom. The van der Waals surface area contributed by atoms with Crippen LogP contribution in [0.1, 0.15) is 37.4 Å². The number of esters is 2. The van der Waals surface area contributed by atoms with Crippen LogP contribution in [0.2, 0.25) is 0 Å². The summed E-state index contributed by atoms with van der Waals surface area (Å²) >= 11 is 0. The molecule has 0 aliphatic heterocycles. The van der Waals surface area contributed by atoms with Crippen LogP contribution in [-0.2, 0) is 9.47 Å². The van der Waals surface area contributed by atoms with E-state index in [4.69, 9.17) is 5.11 Å². The van der Waals surface area contributed by atoms with E-state index in [1.807, 2.05) is 26.0 Å². The number of carbonyl (C=O) groups is 2. The van der Waals surface area contributed by atoms with Crippen LogP contribution >= 0.6 is 0 Å². The molecule has 0 fully saturated rings. The van der Waals surface area contributed by atoms with Crippen molar-refractivity contribution in [2.75, 3.05) is 14.2 Å². The van der Waals surface area contributed by atoms with Crippen molar-refractivity contribution in [3.63, 3.8) is 0 Å². The molecule has 5 heteroatoms. The van der Waals surface area contributed by atoms with Crippen LogP contribution < -0.4 is 0 Å². The molecule has 1 N–H and O–H groups in total. The molecule has 0 bridgehead atoms. The Hall–Kier alpha value is -2.82. The maximum atomic E-state index is 11.1. The highest BCUT2D eigenvalue weighted by molar-refractivity contribution is 5.91. The predicted molar refractivity (Wildman–Crippen MR) is 91.4 cm³/mol. The maximum absolute atomic E-state index is 11.1. The highest BCUT2D eigenvalue weighted by Gasteiger charge is 2.08. The standard InChI is InChI=1S/C10H12O2.C9H10O3/c1-7-4-5-9(8(2)6-7)10(11)12-3;1-6-5-7(10)3-4-8(6)9(11)12-2/h4-6H,1-3H3;3-5,10H,1-2H3. The normalized spacial score (nSPS) is 9.54. The summed E-state index contributed by atoms with van der Waals surface area (Å²) in [6.45, 7) is 5.64. The summed E-state index contributed by atoms with van der Waals surface area (Å²) in [6.07, 6.45) is 0. The third-order valence-corrected chi connectivity index (χ3v) is 3.40. The van der Waals surface area contributed by atoms with Crippen LogP contribution in [0.3, 0.4) is 0 Å². The molecule has 0 amide bonds. The van der Waals surface area contributed by atoms with Crippen LogP contribution in [-0.4, -0.2) is 31.3 Å². The number of rotatable bonds is 2. The van der Waals surface area contributed by atoms with E-state index < -0.39 is 0 Å². The number of carbonyl (C=O) groups excluding carboxylic acids is 2. The molecule has 2 rings (SSSR count). The lowest BCUT2D eigenvalue weighted by Gasteiger charge is -2.03. The van der Waals surface area contributed by atoms with Gasteiger partial charge in [0.25, 0.3) is 0 Å². The van der Waals surface area contributed by atoms with Crippen molar-refractivity contribution in [1.29, 1.82) is 0 Å². The van der Waals surface area contributed by atoms with Gasteiger partial charge in [0.05, 0.1) is 25.3 Å². The van der Waals surface area contributed by atoms with E-state index in [0.29, 0.717) is 16.7 Å². The van der Waals surface area contributed by atoms with Gasteiger partial charge in [-0.25, -0.2) is 9.59 Å². The van der Waals surface area contributed by atoms with Gasteiger partial charge in [-0.2, -0.15) is 0 Å². The van der Waals surface area contributed by atoms with Crippen molar-refractivity contribution in [3.05, 3.63) is 64.2 Å². The molecule has 24 heavy (non-hydrogen) atoms. The number of phenols is 1. The van der Waals surface area contributed by atoms with E-state index in [0.717, 1.165) is 11.1 Å². The molecule has 2 aromatic carbocycles. The van der Waals surface area contributed by atoms with Crippen molar-refractivity contribution in [2.24, 2.45) is 0 Å². The van der Waals surface area contributed by atoms with Crippen LogP contribution in [0.4, 0.5) is 0 Å². The smallest absolute Gasteiger partial charge is 0.338 e. The highest BCUT2D eigenvalue weighted by Crippen LogP contribution is 2.16. The summed E-state index contributed by atoms with van der Waals surface area (Å²) in [5.41, 5.74) is 3.95. The molecule has 0 atom stereocenters. The first-order valence-electron chi connectivity index (χ1n) is 7.33. The van der Waals surface area contributed by atoms with E-state index in [1.165, 1.54) is 32.4 Å². The molecule has 0 radical (unpaired) electrons. The second-order valence-electron chi connectivity index (χ2n) is 5.30. The molecular formula is C19H22O5. The number of aryl methyl sites for hydroxylation is 3. The average Bonchev–Trinajstić information content (AvgIpc) is 2.54. The second kappa shape index (κ2) is 8.72. The number of benzene rings is 2. The molecule has 0 saturated heterocycles. The highest BCUT2D eigenvalue weighted by atomic mass is 16.5. The Bertz CT molecular complexity index is 671. The molecule has 0 aliphatic rings. The molecule has 0 heterocycles. The first-order valence-corrected chi connectivity index (χ1v) is 7.33. The van der Waals surface area contributed by atoms with E-state index >= 15 is 0 Å². The summed E-state index contributed by atoms with van der Waals surface area (Å²) < 4.78 is 9.15. The van der Waals surface area contributed by atoms with Gasteiger partial charge in [0, 0.05) is 0 Å². The molecule has 0 aliphatic carbocycles. The number of ether oxygens (including phenoxy) is 2. The van der Waals surface area contributed by atoms with Crippen molar-refractivity contribution in [2.45, 2.75) is 20.8 Å². The van der Waals surface area contributed by atoms with Gasteiger partial charge in [-0.1, -0.05) is 17.7 Å². The Morgan fingerprint density at radius 3 is 1.67 bits per heavy atom. The SMILES string of the molecule is COC(=O)c1ccc(C)cc1C.COC(=O)c1ccc(O)cc1C. The molecule has 128 valence electrons. The fourth-order valence-corrected chi connectivity index (χ4v) is 2.14. The van der Waals surface area contributed by atoms with Gasteiger partial charge in [-0.05, 0) is 56.2 Å². The fraction of sp³-hybridized carbons (Fsp3) is 0.263. The lowest BCUT2D eigenvalue weighted by atomic mass is 10.1. The zero-order valence-electron chi connectivity index (χ0n) is 14.5. The molecule has 0 unspecified atom stereocenters. The Morgan fingerprint density at radius 2 is 1.25 bits per heavy atom. The zero-order chi connectivity index (χ0) is 18.3. The Balaban J connectivity index is 0.000000240. The average molecular weight is 330 g/mol. The zero-order valence-corrected chi connectivity index (χ0v) is 14.5. The van der Waals surface area contributed by atoms with Crippen LogP contribution in [0.25, 0.3) is 0 Å². The minimum Gasteiger partial charge on any atom is -0.508 e. The Kier molecular flexibility index (Phi) is 6.98. The third-order valence-electron chi connectivity index (χ3n) is 3.40. The molecule has 0 spiro atoms. The summed E-state index contributed by atoms with van der Waals surface area (Å²) in [5, 5.41) is 9.04. The molecule has 0 saturated carbocycles. The number of hydrogen-bond acceptors (Lipinski definition) is 5. The summed E-state index contributed by atoms with van der Waals surface area (Å²) in [5.74, 6) is -0.500. The molecule has 5 nitrogen and oxygen atoms in total. The topological polar surface area (TPSA) is 72.8 Å². The van der Waals surface area contributed by atoms with Gasteiger partial charge in [-0.3, -0.25) is 0 Å². The minimum absolute atomic E-state index is 0.153. The number of phenolic OH excluding ortho intramolecular Hbond substituents is 1. The second-order valence-corrected chi connectivity index (χ2v) is 5.30. The quantitative estimate of drug-likeness (QED) is 0.852. The van der Waals surface area contributed by atoms with Gasteiger partial charge in [0.2, 0.25) is 0 Å². The van der Waals surface area contributed by atoms with Crippen molar-refractivity contribution < 1.29 is 24.2 Å². The summed E-state index contributed by atoms with van der Waals surface area (Å²) in [4.78, 5) is 22.2. The predicted octanol–water partition coefficient (Wildman–Crippen LogP) is 3.58. The third kappa shape index (κ3) is 5.12. The molecule has 0 aromatic heterocycles. The van der Waals surface area contributed by atoms with Gasteiger partial charge in [-0.15, -0.1) is 0 Å². The first kappa shape index (κ1) is 19.2. The van der Waals surface area contributed by atoms with E-state index in [2.05, 4.69) is 9.47 Å². The van der Waals surface area contributed by atoms with E-state index in [1.54, 1.807) is 13.0 Å². The van der Waals surface area contributed by atoms with Gasteiger partial charge in [0.1, 0.15) is 5.75 Å². The monoisotopic (exact) mass is 330 g/mol. The maximum Gasteiger partial charge on any atom is 0.338 e. The minimum atomic E-state index is -0.382.